The zero-order valence-corrected chi connectivity index (χ0v) is 15.6. The van der Waals surface area contributed by atoms with Crippen molar-refractivity contribution in [2.75, 3.05) is 50.2 Å². The Hall–Kier alpha value is -1.78. The molecule has 1 aromatic heterocycles. The van der Waals surface area contributed by atoms with Crippen LogP contribution < -0.4 is 5.32 Å². The molecule has 1 spiro atoms. The van der Waals surface area contributed by atoms with Gasteiger partial charge in [0.25, 0.3) is 0 Å². The quantitative estimate of drug-likeness (QED) is 0.737. The first kappa shape index (κ1) is 19.0. The van der Waals surface area contributed by atoms with Crippen LogP contribution in [-0.2, 0) is 24.1 Å². The van der Waals surface area contributed by atoms with Gasteiger partial charge in [0.05, 0.1) is 25.9 Å². The summed E-state index contributed by atoms with van der Waals surface area (Å²) in [6.07, 6.45) is 5.91. The molecular weight excluding hydrogens is 360 g/mol. The van der Waals surface area contributed by atoms with Crippen LogP contribution in [0.4, 0.5) is 5.95 Å². The smallest absolute Gasteiger partial charge is 0.237 e. The highest BCUT2D eigenvalue weighted by Gasteiger charge is 2.44. The monoisotopic (exact) mass is 384 g/mol. The molecule has 2 aliphatic heterocycles. The largest absolute Gasteiger partial charge is 0.377 e. The Balaban J connectivity index is 1.59. The second-order valence-electron chi connectivity index (χ2n) is 6.85. The highest BCUT2D eigenvalue weighted by Crippen LogP contribution is 2.33. The highest BCUT2D eigenvalue weighted by molar-refractivity contribution is 7.91. The Morgan fingerprint density at radius 2 is 2.19 bits per heavy atom. The lowest BCUT2D eigenvalue weighted by Gasteiger charge is -2.32. The average molecular weight is 384 g/mol. The Morgan fingerprint density at radius 1 is 1.42 bits per heavy atom. The molecule has 9 nitrogen and oxygen atoms in total. The lowest BCUT2D eigenvalue weighted by Crippen LogP contribution is -2.48. The zero-order valence-electron chi connectivity index (χ0n) is 14.8. The minimum Gasteiger partial charge on any atom is -0.377 e. The summed E-state index contributed by atoms with van der Waals surface area (Å²) in [7, 11) is -3.37. The molecular formula is C16H24N4O5S. The van der Waals surface area contributed by atoms with Crippen molar-refractivity contribution in [1.82, 2.24) is 14.9 Å². The van der Waals surface area contributed by atoms with Crippen LogP contribution in [0.1, 0.15) is 12.8 Å². The van der Waals surface area contributed by atoms with E-state index in [0.29, 0.717) is 38.8 Å². The molecule has 1 N–H and O–H groups in total. The second-order valence-corrected chi connectivity index (χ2v) is 8.99. The van der Waals surface area contributed by atoms with E-state index in [0.717, 1.165) is 19.1 Å². The summed E-state index contributed by atoms with van der Waals surface area (Å²) in [5.74, 6) is -0.348. The van der Waals surface area contributed by atoms with Crippen molar-refractivity contribution in [3.63, 3.8) is 0 Å². The van der Waals surface area contributed by atoms with Gasteiger partial charge in [0.2, 0.25) is 11.9 Å². The molecule has 2 saturated heterocycles. The molecule has 144 valence electrons. The number of ether oxygens (including phenoxy) is 2. The maximum absolute atomic E-state index is 12.3. The van der Waals surface area contributed by atoms with E-state index in [1.807, 2.05) is 0 Å². The van der Waals surface area contributed by atoms with Crippen LogP contribution in [0.2, 0.25) is 0 Å². The number of rotatable bonds is 5. The van der Waals surface area contributed by atoms with Gasteiger partial charge in [-0.15, -0.1) is 0 Å². The van der Waals surface area contributed by atoms with Crippen molar-refractivity contribution < 1.29 is 22.7 Å². The van der Waals surface area contributed by atoms with Crippen molar-refractivity contribution in [1.29, 1.82) is 0 Å². The number of nitrogens with zero attached hydrogens (tertiary/aromatic N) is 3. The van der Waals surface area contributed by atoms with E-state index in [1.165, 1.54) is 0 Å². The fraction of sp³-hybridized carbons (Fsp3) is 0.688. The van der Waals surface area contributed by atoms with Crippen LogP contribution in [0.25, 0.3) is 0 Å². The molecule has 2 fully saturated rings. The molecule has 1 aromatic rings. The molecule has 2 aliphatic rings. The van der Waals surface area contributed by atoms with E-state index in [1.54, 1.807) is 23.4 Å². The maximum Gasteiger partial charge on any atom is 0.237 e. The fourth-order valence-electron chi connectivity index (χ4n) is 3.29. The molecule has 2 atom stereocenters. The van der Waals surface area contributed by atoms with E-state index in [9.17, 15) is 13.2 Å². The van der Waals surface area contributed by atoms with Crippen molar-refractivity contribution in [2.24, 2.45) is 0 Å². The molecule has 0 bridgehead atoms. The molecule has 0 saturated carbocycles. The van der Waals surface area contributed by atoms with Gasteiger partial charge in [-0.2, -0.15) is 0 Å². The van der Waals surface area contributed by atoms with Gasteiger partial charge >= 0.3 is 0 Å². The minimum atomic E-state index is -3.37. The minimum absolute atomic E-state index is 0.0487. The van der Waals surface area contributed by atoms with Crippen LogP contribution >= 0.6 is 0 Å². The summed E-state index contributed by atoms with van der Waals surface area (Å²) < 4.78 is 34.7. The molecule has 0 aromatic carbocycles. The first-order valence-corrected chi connectivity index (χ1v) is 10.6. The molecule has 26 heavy (non-hydrogen) atoms. The summed E-state index contributed by atoms with van der Waals surface area (Å²) in [6, 6.07) is 1.75. The lowest BCUT2D eigenvalue weighted by molar-refractivity contribution is -0.133. The summed E-state index contributed by atoms with van der Waals surface area (Å²) in [6.45, 7) is 2.05. The fourth-order valence-corrected chi connectivity index (χ4v) is 3.92. The lowest BCUT2D eigenvalue weighted by atomic mass is 10.00. The van der Waals surface area contributed by atoms with Gasteiger partial charge < -0.3 is 19.7 Å². The predicted molar refractivity (Wildman–Crippen MR) is 94.5 cm³/mol. The Kier molecular flexibility index (Phi) is 5.73. The number of amides is 1. The van der Waals surface area contributed by atoms with Crippen LogP contribution in [0, 0.1) is 0 Å². The topological polar surface area (TPSA) is 111 Å². The van der Waals surface area contributed by atoms with E-state index in [2.05, 4.69) is 15.3 Å². The first-order chi connectivity index (χ1) is 12.4. The van der Waals surface area contributed by atoms with Crippen molar-refractivity contribution in [2.45, 2.75) is 24.5 Å². The van der Waals surface area contributed by atoms with Crippen molar-refractivity contribution >= 4 is 21.7 Å². The standard InChI is InChI=1S/C16H24N4O5S/c1-26(22,23)10-14(21)20-7-8-24-12-16(11-20)4-3-13(25-16)9-19-15-17-5-2-6-18-15/h2,5-6,13H,3-4,7-12H2,1H3,(H,17,18,19)/t13-,16+/m0/s1. The normalized spacial score (nSPS) is 26.7. The van der Waals surface area contributed by atoms with Crippen LogP contribution in [0.5, 0.6) is 0 Å². The van der Waals surface area contributed by atoms with Crippen LogP contribution in [0.3, 0.4) is 0 Å². The third-order valence-corrected chi connectivity index (χ3v) is 5.25. The van der Waals surface area contributed by atoms with Gasteiger partial charge in [-0.1, -0.05) is 0 Å². The number of anilines is 1. The maximum atomic E-state index is 12.3. The Morgan fingerprint density at radius 3 is 2.92 bits per heavy atom. The number of carbonyl (C=O) groups is 1. The second kappa shape index (κ2) is 7.85. The predicted octanol–water partition coefficient (Wildman–Crippen LogP) is -0.290. The number of carbonyl (C=O) groups excluding carboxylic acids is 1. The number of sulfone groups is 1. The SMILES string of the molecule is CS(=O)(=O)CC(=O)N1CCOC[C@@]2(CC[C@@H](CNc3ncccn3)O2)C1. The molecule has 0 aliphatic carbocycles. The number of hydrogen-bond acceptors (Lipinski definition) is 8. The third-order valence-electron chi connectivity index (χ3n) is 4.48. The van der Waals surface area contributed by atoms with Crippen LogP contribution in [0.15, 0.2) is 18.5 Å². The highest BCUT2D eigenvalue weighted by atomic mass is 32.2. The Bertz CT molecular complexity index is 729. The van der Waals surface area contributed by atoms with Gasteiger partial charge in [0.1, 0.15) is 11.4 Å². The van der Waals surface area contributed by atoms with Gasteiger partial charge in [-0.05, 0) is 18.9 Å². The molecule has 0 radical (unpaired) electrons. The number of hydrogen-bond donors (Lipinski definition) is 1. The van der Waals surface area contributed by atoms with E-state index >= 15 is 0 Å². The third kappa shape index (κ3) is 5.12. The van der Waals surface area contributed by atoms with E-state index in [4.69, 9.17) is 9.47 Å². The van der Waals surface area contributed by atoms with E-state index in [-0.39, 0.29) is 6.10 Å². The first-order valence-electron chi connectivity index (χ1n) is 8.57. The molecule has 3 rings (SSSR count). The zero-order chi connectivity index (χ0) is 18.6. The number of nitrogens with one attached hydrogen (secondary N) is 1. The number of aromatic nitrogens is 2. The molecule has 1 amide bonds. The summed E-state index contributed by atoms with van der Waals surface area (Å²) in [5, 5.41) is 3.14. The summed E-state index contributed by atoms with van der Waals surface area (Å²) >= 11 is 0. The Labute approximate surface area is 153 Å². The van der Waals surface area contributed by atoms with Gasteiger partial charge in [0, 0.05) is 31.7 Å². The molecule has 3 heterocycles. The van der Waals surface area contributed by atoms with Gasteiger partial charge in [-0.3, -0.25) is 4.79 Å². The van der Waals surface area contributed by atoms with Crippen molar-refractivity contribution in [3.8, 4) is 0 Å². The molecule has 10 heteroatoms. The van der Waals surface area contributed by atoms with E-state index < -0.39 is 27.1 Å². The summed E-state index contributed by atoms with van der Waals surface area (Å²) in [4.78, 5) is 22.1. The molecule has 0 unspecified atom stereocenters. The average Bonchev–Trinajstić information content (AvgIpc) is 2.85. The summed E-state index contributed by atoms with van der Waals surface area (Å²) in [5.41, 5.74) is -0.590. The van der Waals surface area contributed by atoms with Crippen LogP contribution in [-0.4, -0.2) is 85.8 Å². The van der Waals surface area contributed by atoms with Crippen molar-refractivity contribution in [3.05, 3.63) is 18.5 Å². The van der Waals surface area contributed by atoms with Gasteiger partial charge in [-0.25, -0.2) is 18.4 Å². The van der Waals surface area contributed by atoms with Gasteiger partial charge in [0.15, 0.2) is 9.84 Å².